The molecule has 0 heterocycles. The van der Waals surface area contributed by atoms with E-state index in [2.05, 4.69) is 5.32 Å². The summed E-state index contributed by atoms with van der Waals surface area (Å²) >= 11 is 18.3. The summed E-state index contributed by atoms with van der Waals surface area (Å²) in [5, 5.41) is 2.69. The fourth-order valence-corrected chi connectivity index (χ4v) is 6.70. The molecule has 2 unspecified atom stereocenters. The highest BCUT2D eigenvalue weighted by atomic mass is 35.5. The predicted molar refractivity (Wildman–Crippen MR) is 129 cm³/mol. The van der Waals surface area contributed by atoms with Crippen molar-refractivity contribution in [2.24, 2.45) is 5.73 Å². The quantitative estimate of drug-likeness (QED) is 0.473. The van der Waals surface area contributed by atoms with Crippen LogP contribution in [0.25, 0.3) is 0 Å². The first-order chi connectivity index (χ1) is 15.2. The zero-order valence-electron chi connectivity index (χ0n) is 16.7. The smallest absolute Gasteiger partial charge is 0.258 e. The summed E-state index contributed by atoms with van der Waals surface area (Å²) in [6.07, 6.45) is 0.803. The molecule has 0 aromatic heterocycles. The van der Waals surface area contributed by atoms with Crippen molar-refractivity contribution < 1.29 is 13.2 Å². The highest BCUT2D eigenvalue weighted by Gasteiger charge is 2.36. The van der Waals surface area contributed by atoms with E-state index in [1.807, 2.05) is 0 Å². The van der Waals surface area contributed by atoms with Gasteiger partial charge in [0.15, 0.2) is 9.84 Å². The number of nitrogens with two attached hydrogens (primary N) is 1. The van der Waals surface area contributed by atoms with Crippen LogP contribution in [0.5, 0.6) is 0 Å². The lowest BCUT2D eigenvalue weighted by Crippen LogP contribution is -2.33. The van der Waals surface area contributed by atoms with E-state index < -0.39 is 21.0 Å². The molecule has 0 bridgehead atoms. The molecule has 1 amide bonds. The van der Waals surface area contributed by atoms with Crippen LogP contribution < -0.4 is 11.1 Å². The van der Waals surface area contributed by atoms with Gasteiger partial charge in [-0.05, 0) is 66.4 Å². The maximum Gasteiger partial charge on any atom is 0.258 e. The highest BCUT2D eigenvalue weighted by Crippen LogP contribution is 2.40. The average molecular weight is 510 g/mol. The summed E-state index contributed by atoms with van der Waals surface area (Å²) in [6, 6.07) is 15.8. The predicted octanol–water partition coefficient (Wildman–Crippen LogP) is 5.69. The number of hydrogen-bond acceptors (Lipinski definition) is 4. The number of carbonyl (C=O) groups excluding carboxylic acids is 1. The molecule has 0 aliphatic heterocycles. The lowest BCUT2D eigenvalue weighted by molar-refractivity contribution is 0.102. The van der Waals surface area contributed by atoms with E-state index >= 15 is 0 Å². The molecule has 3 N–H and O–H groups in total. The van der Waals surface area contributed by atoms with E-state index in [9.17, 15) is 13.2 Å². The van der Waals surface area contributed by atoms with Gasteiger partial charge in [0.2, 0.25) is 0 Å². The summed E-state index contributed by atoms with van der Waals surface area (Å²) in [5.41, 5.74) is 8.20. The number of nitrogens with one attached hydrogen (secondary N) is 1. The van der Waals surface area contributed by atoms with Crippen LogP contribution in [0.1, 0.15) is 33.2 Å². The minimum absolute atomic E-state index is 0.132. The van der Waals surface area contributed by atoms with Gasteiger partial charge < -0.3 is 11.1 Å². The molecular weight excluding hydrogens is 491 g/mol. The fraction of sp³-hybridized carbons (Fsp3) is 0.174. The Kier molecular flexibility index (Phi) is 6.52. The van der Waals surface area contributed by atoms with E-state index in [0.717, 1.165) is 5.56 Å². The van der Waals surface area contributed by atoms with Gasteiger partial charge in [-0.1, -0.05) is 53.0 Å². The number of benzene rings is 3. The van der Waals surface area contributed by atoms with E-state index in [1.54, 1.807) is 48.5 Å². The molecule has 5 nitrogen and oxygen atoms in total. The molecule has 1 aliphatic rings. The molecule has 32 heavy (non-hydrogen) atoms. The molecule has 1 aliphatic carbocycles. The zero-order valence-corrected chi connectivity index (χ0v) is 19.8. The van der Waals surface area contributed by atoms with E-state index in [0.29, 0.717) is 22.7 Å². The Hall–Kier alpha value is -2.09. The number of anilines is 1. The van der Waals surface area contributed by atoms with Crippen molar-refractivity contribution in [1.29, 1.82) is 0 Å². The number of sulfone groups is 1. The number of rotatable bonds is 4. The van der Waals surface area contributed by atoms with Crippen molar-refractivity contribution in [3.05, 3.63) is 92.4 Å². The molecule has 0 spiro atoms. The van der Waals surface area contributed by atoms with Crippen LogP contribution in [0.2, 0.25) is 15.1 Å². The molecule has 0 saturated carbocycles. The van der Waals surface area contributed by atoms with Crippen molar-refractivity contribution in [1.82, 2.24) is 0 Å². The second kappa shape index (κ2) is 9.04. The Morgan fingerprint density at radius 3 is 2.34 bits per heavy atom. The van der Waals surface area contributed by atoms with Crippen molar-refractivity contribution in [2.45, 2.75) is 29.0 Å². The molecule has 3 aromatic rings. The third-order valence-corrected chi connectivity index (χ3v) is 8.41. The van der Waals surface area contributed by atoms with Crippen LogP contribution in [0, 0.1) is 0 Å². The molecule has 0 fully saturated rings. The Morgan fingerprint density at radius 2 is 1.66 bits per heavy atom. The number of fused-ring (bicyclic) bond motifs is 1. The summed E-state index contributed by atoms with van der Waals surface area (Å²) < 4.78 is 26.9. The van der Waals surface area contributed by atoms with Crippen molar-refractivity contribution in [2.75, 3.05) is 5.32 Å². The van der Waals surface area contributed by atoms with Crippen LogP contribution in [-0.2, 0) is 16.3 Å². The van der Waals surface area contributed by atoms with Gasteiger partial charge in [0.05, 0.1) is 25.8 Å². The van der Waals surface area contributed by atoms with Gasteiger partial charge in [0.25, 0.3) is 5.91 Å². The van der Waals surface area contributed by atoms with Crippen molar-refractivity contribution in [3.8, 4) is 0 Å². The number of halogens is 3. The fourth-order valence-electron chi connectivity index (χ4n) is 3.94. The first kappa shape index (κ1) is 23.1. The van der Waals surface area contributed by atoms with E-state index in [4.69, 9.17) is 40.5 Å². The van der Waals surface area contributed by atoms with Crippen LogP contribution in [0.15, 0.2) is 65.6 Å². The summed E-state index contributed by atoms with van der Waals surface area (Å²) in [5.74, 6) is -0.484. The summed E-state index contributed by atoms with van der Waals surface area (Å²) in [6.45, 7) is 0. The average Bonchev–Trinajstić information content (AvgIpc) is 2.73. The zero-order chi connectivity index (χ0) is 23.0. The third kappa shape index (κ3) is 4.51. The molecule has 0 radical (unpaired) electrons. The molecule has 2 atom stereocenters. The van der Waals surface area contributed by atoms with Crippen molar-refractivity contribution >= 4 is 56.2 Å². The third-order valence-electron chi connectivity index (χ3n) is 5.44. The first-order valence-corrected chi connectivity index (χ1v) is 12.5. The van der Waals surface area contributed by atoms with Crippen LogP contribution >= 0.6 is 34.8 Å². The van der Waals surface area contributed by atoms with Gasteiger partial charge in [0, 0.05) is 16.8 Å². The van der Waals surface area contributed by atoms with Gasteiger partial charge >= 0.3 is 0 Å². The second-order valence-electron chi connectivity index (χ2n) is 7.66. The van der Waals surface area contributed by atoms with Crippen LogP contribution in [0.3, 0.4) is 0 Å². The Labute approximate surface area is 201 Å². The summed E-state index contributed by atoms with van der Waals surface area (Å²) in [7, 11) is -3.76. The molecule has 3 aromatic carbocycles. The largest absolute Gasteiger partial charge is 0.327 e. The Bertz CT molecular complexity index is 1290. The van der Waals surface area contributed by atoms with Crippen LogP contribution in [0.4, 0.5) is 5.69 Å². The first-order valence-electron chi connectivity index (χ1n) is 9.80. The molecule has 166 valence electrons. The van der Waals surface area contributed by atoms with Gasteiger partial charge in [-0.15, -0.1) is 0 Å². The number of amides is 1. The van der Waals surface area contributed by atoms with Crippen molar-refractivity contribution in [3.63, 3.8) is 0 Å². The molecule has 4 rings (SSSR count). The summed E-state index contributed by atoms with van der Waals surface area (Å²) in [4.78, 5) is 12.9. The maximum absolute atomic E-state index is 13.5. The Balaban J connectivity index is 1.72. The topological polar surface area (TPSA) is 89.3 Å². The molecule has 0 saturated heterocycles. The SMILES string of the molecule is NC1Cc2ccc(NC(=O)c3c(Cl)cccc3Cl)cc2C(S(=O)(=O)c2cccc(Cl)c2)C1. The standard InChI is InChI=1S/C23H19Cl3N2O3S/c24-14-3-1-4-17(10-14)32(30,31)21-11-15(27)9-13-7-8-16(12-18(13)21)28-23(29)22-19(25)5-2-6-20(22)26/h1-8,10,12,15,21H,9,11,27H2,(H,28,29). The van der Waals surface area contributed by atoms with E-state index in [-0.39, 0.29) is 33.0 Å². The molecule has 9 heteroatoms. The van der Waals surface area contributed by atoms with Gasteiger partial charge in [-0.2, -0.15) is 0 Å². The van der Waals surface area contributed by atoms with Gasteiger partial charge in [0.1, 0.15) is 0 Å². The number of carbonyl (C=O) groups is 1. The minimum Gasteiger partial charge on any atom is -0.327 e. The number of hydrogen-bond donors (Lipinski definition) is 2. The van der Waals surface area contributed by atoms with E-state index in [1.165, 1.54) is 12.1 Å². The van der Waals surface area contributed by atoms with Crippen LogP contribution in [-0.4, -0.2) is 20.4 Å². The monoisotopic (exact) mass is 508 g/mol. The minimum atomic E-state index is -3.76. The Morgan fingerprint density at radius 1 is 0.969 bits per heavy atom. The van der Waals surface area contributed by atoms with Gasteiger partial charge in [-0.3, -0.25) is 4.79 Å². The normalized spacial score (nSPS) is 18.1. The lowest BCUT2D eigenvalue weighted by atomic mass is 9.88. The maximum atomic E-state index is 13.5. The second-order valence-corrected chi connectivity index (χ2v) is 11.0. The molecular formula is C23H19Cl3N2O3S. The lowest BCUT2D eigenvalue weighted by Gasteiger charge is -2.30. The van der Waals surface area contributed by atoms with Gasteiger partial charge in [-0.25, -0.2) is 8.42 Å². The highest BCUT2D eigenvalue weighted by molar-refractivity contribution is 7.91.